The first-order chi connectivity index (χ1) is 8.64. The zero-order valence-electron chi connectivity index (χ0n) is 11.5. The summed E-state index contributed by atoms with van der Waals surface area (Å²) in [6.07, 6.45) is -0.0728. The smallest absolute Gasteiger partial charge is 0.320 e. The third-order valence-electron chi connectivity index (χ3n) is 2.17. The van der Waals surface area contributed by atoms with E-state index in [1.54, 1.807) is 20.8 Å². The molecule has 0 radical (unpaired) electrons. The molecule has 3 N–H and O–H groups in total. The van der Waals surface area contributed by atoms with Crippen LogP contribution >= 0.6 is 0 Å². The predicted molar refractivity (Wildman–Crippen MR) is 66.2 cm³/mol. The zero-order valence-corrected chi connectivity index (χ0v) is 11.5. The fourth-order valence-electron chi connectivity index (χ4n) is 0.975. The summed E-state index contributed by atoms with van der Waals surface area (Å²) >= 11 is 0. The molecule has 7 nitrogen and oxygen atoms in total. The van der Waals surface area contributed by atoms with E-state index in [9.17, 15) is 14.4 Å². The van der Waals surface area contributed by atoms with Crippen LogP contribution in [0.25, 0.3) is 0 Å². The molecule has 0 amide bonds. The Balaban J connectivity index is 3.71. The molecule has 0 aromatic rings. The highest BCUT2D eigenvalue weighted by Crippen LogP contribution is 2.14. The lowest BCUT2D eigenvalue weighted by molar-refractivity contribution is -0.158. The first-order valence-corrected chi connectivity index (χ1v) is 5.96. The number of ether oxygens (including phenoxy) is 2. The molecule has 0 rings (SSSR count). The Bertz CT molecular complexity index is 334. The summed E-state index contributed by atoms with van der Waals surface area (Å²) in [4.78, 5) is 33.0. The van der Waals surface area contributed by atoms with E-state index in [-0.39, 0.29) is 32.0 Å². The van der Waals surface area contributed by atoms with Crippen LogP contribution in [-0.2, 0) is 23.9 Å². The van der Waals surface area contributed by atoms with Crippen molar-refractivity contribution in [3.63, 3.8) is 0 Å². The highest BCUT2D eigenvalue weighted by atomic mass is 16.6. The summed E-state index contributed by atoms with van der Waals surface area (Å²) < 4.78 is 9.66. The minimum atomic E-state index is -1.16. The normalized spacial score (nSPS) is 12.6. The number of rotatable bonds is 7. The van der Waals surface area contributed by atoms with Crippen molar-refractivity contribution in [3.8, 4) is 0 Å². The SMILES string of the molecule is CC(C)(C)C(=O)OCCOC(=O)CC[C@H](N)C(=O)O. The van der Waals surface area contributed by atoms with Crippen molar-refractivity contribution in [2.75, 3.05) is 13.2 Å². The number of carbonyl (C=O) groups excluding carboxylic acids is 2. The van der Waals surface area contributed by atoms with Crippen LogP contribution in [0.5, 0.6) is 0 Å². The topological polar surface area (TPSA) is 116 Å². The van der Waals surface area contributed by atoms with Gasteiger partial charge in [0.15, 0.2) is 0 Å². The second-order valence-corrected chi connectivity index (χ2v) is 5.09. The molecule has 19 heavy (non-hydrogen) atoms. The van der Waals surface area contributed by atoms with Crippen molar-refractivity contribution in [1.82, 2.24) is 0 Å². The third kappa shape index (κ3) is 8.15. The van der Waals surface area contributed by atoms with Gasteiger partial charge in [-0.15, -0.1) is 0 Å². The molecule has 0 aliphatic carbocycles. The van der Waals surface area contributed by atoms with E-state index < -0.39 is 23.4 Å². The Labute approximate surface area is 112 Å². The van der Waals surface area contributed by atoms with Crippen LogP contribution < -0.4 is 5.73 Å². The van der Waals surface area contributed by atoms with Gasteiger partial charge in [0.25, 0.3) is 0 Å². The number of carbonyl (C=O) groups is 3. The maximum atomic E-state index is 11.4. The van der Waals surface area contributed by atoms with E-state index >= 15 is 0 Å². The van der Waals surface area contributed by atoms with Crippen molar-refractivity contribution in [1.29, 1.82) is 0 Å². The standard InChI is InChI=1S/C12H21NO6/c1-12(2,3)11(17)19-7-6-18-9(14)5-4-8(13)10(15)16/h8H,4-7,13H2,1-3H3,(H,15,16)/t8-/m0/s1. The lowest BCUT2D eigenvalue weighted by atomic mass is 9.97. The van der Waals surface area contributed by atoms with Crippen LogP contribution in [0.1, 0.15) is 33.6 Å². The minimum Gasteiger partial charge on any atom is -0.480 e. The number of aliphatic carboxylic acids is 1. The fraction of sp³-hybridized carbons (Fsp3) is 0.750. The van der Waals surface area contributed by atoms with Crippen molar-refractivity contribution >= 4 is 17.9 Å². The summed E-state index contributed by atoms with van der Waals surface area (Å²) in [6.45, 7) is 5.08. The molecule has 0 fully saturated rings. The van der Waals surface area contributed by atoms with Crippen molar-refractivity contribution in [2.24, 2.45) is 11.1 Å². The van der Waals surface area contributed by atoms with Gasteiger partial charge < -0.3 is 20.3 Å². The largest absolute Gasteiger partial charge is 0.480 e. The molecule has 0 aromatic carbocycles. The molecule has 1 atom stereocenters. The first kappa shape index (κ1) is 17.4. The van der Waals surface area contributed by atoms with Crippen LogP contribution in [-0.4, -0.2) is 42.3 Å². The number of nitrogens with two attached hydrogens (primary N) is 1. The van der Waals surface area contributed by atoms with Crippen molar-refractivity contribution in [2.45, 2.75) is 39.7 Å². The van der Waals surface area contributed by atoms with Crippen LogP contribution in [0.3, 0.4) is 0 Å². The van der Waals surface area contributed by atoms with E-state index in [4.69, 9.17) is 20.3 Å². The fourth-order valence-corrected chi connectivity index (χ4v) is 0.975. The van der Waals surface area contributed by atoms with Crippen molar-refractivity contribution < 1.29 is 29.0 Å². The predicted octanol–water partition coefficient (Wildman–Crippen LogP) is 0.311. The Hall–Kier alpha value is -1.63. The number of carboxylic acid groups (broad SMARTS) is 1. The van der Waals surface area contributed by atoms with E-state index in [0.717, 1.165) is 0 Å². The summed E-state index contributed by atoms with van der Waals surface area (Å²) in [5, 5.41) is 8.51. The summed E-state index contributed by atoms with van der Waals surface area (Å²) in [7, 11) is 0. The Kier molecular flexibility index (Phi) is 7.06. The van der Waals surface area contributed by atoms with Gasteiger partial charge in [-0.05, 0) is 27.2 Å². The molecule has 0 spiro atoms. The molecule has 0 saturated heterocycles. The molecule has 0 aromatic heterocycles. The Morgan fingerprint density at radius 3 is 2.16 bits per heavy atom. The van der Waals surface area contributed by atoms with Gasteiger partial charge in [-0.2, -0.15) is 0 Å². The molecular formula is C12H21NO6. The van der Waals surface area contributed by atoms with Crippen LogP contribution in [0, 0.1) is 5.41 Å². The highest BCUT2D eigenvalue weighted by Gasteiger charge is 2.22. The van der Waals surface area contributed by atoms with Gasteiger partial charge in [-0.1, -0.05) is 0 Å². The molecule has 7 heteroatoms. The molecular weight excluding hydrogens is 254 g/mol. The lowest BCUT2D eigenvalue weighted by Gasteiger charge is -2.16. The van der Waals surface area contributed by atoms with E-state index in [1.165, 1.54) is 0 Å². The number of hydrogen-bond acceptors (Lipinski definition) is 6. The van der Waals surface area contributed by atoms with Gasteiger partial charge in [0, 0.05) is 6.42 Å². The Morgan fingerprint density at radius 1 is 1.16 bits per heavy atom. The molecule has 110 valence electrons. The van der Waals surface area contributed by atoms with E-state index in [0.29, 0.717) is 0 Å². The average molecular weight is 275 g/mol. The van der Waals surface area contributed by atoms with Gasteiger partial charge in [-0.3, -0.25) is 14.4 Å². The average Bonchev–Trinajstić information content (AvgIpc) is 2.29. The van der Waals surface area contributed by atoms with Gasteiger partial charge in [-0.25, -0.2) is 0 Å². The van der Waals surface area contributed by atoms with Gasteiger partial charge in [0.1, 0.15) is 19.3 Å². The maximum absolute atomic E-state index is 11.4. The third-order valence-corrected chi connectivity index (χ3v) is 2.17. The lowest BCUT2D eigenvalue weighted by Crippen LogP contribution is -2.31. The number of carboxylic acids is 1. The van der Waals surface area contributed by atoms with Crippen LogP contribution in [0.2, 0.25) is 0 Å². The quantitative estimate of drug-likeness (QED) is 0.507. The van der Waals surface area contributed by atoms with Gasteiger partial charge in [0.2, 0.25) is 0 Å². The molecule has 0 unspecified atom stereocenters. The van der Waals surface area contributed by atoms with Gasteiger partial charge in [0.05, 0.1) is 5.41 Å². The second kappa shape index (κ2) is 7.73. The maximum Gasteiger partial charge on any atom is 0.320 e. The van der Waals surface area contributed by atoms with E-state index in [2.05, 4.69) is 0 Å². The summed E-state index contributed by atoms with van der Waals surface area (Å²) in [5.74, 6) is -2.10. The molecule has 0 heterocycles. The van der Waals surface area contributed by atoms with Crippen molar-refractivity contribution in [3.05, 3.63) is 0 Å². The molecule has 0 bridgehead atoms. The highest BCUT2D eigenvalue weighted by molar-refractivity contribution is 5.76. The zero-order chi connectivity index (χ0) is 15.1. The second-order valence-electron chi connectivity index (χ2n) is 5.09. The number of hydrogen-bond donors (Lipinski definition) is 2. The van der Waals surface area contributed by atoms with Crippen LogP contribution in [0.4, 0.5) is 0 Å². The Morgan fingerprint density at radius 2 is 1.68 bits per heavy atom. The number of esters is 2. The summed E-state index contributed by atoms with van der Waals surface area (Å²) in [6, 6.07) is -1.08. The molecule has 0 saturated carbocycles. The minimum absolute atomic E-state index is 0.00987. The van der Waals surface area contributed by atoms with Gasteiger partial charge >= 0.3 is 17.9 Å². The van der Waals surface area contributed by atoms with Crippen LogP contribution in [0.15, 0.2) is 0 Å². The first-order valence-electron chi connectivity index (χ1n) is 5.96. The molecule has 0 aliphatic rings. The van der Waals surface area contributed by atoms with E-state index in [1.807, 2.05) is 0 Å². The molecule has 0 aliphatic heterocycles. The summed E-state index contributed by atoms with van der Waals surface area (Å²) in [5.41, 5.74) is 4.63. The monoisotopic (exact) mass is 275 g/mol.